The lowest BCUT2D eigenvalue weighted by atomic mass is 10.1. The molecule has 5 rings (SSSR count). The molecule has 0 aliphatic rings. The van der Waals surface area contributed by atoms with Crippen LogP contribution in [0.5, 0.6) is 5.88 Å². The number of carbonyl (C=O) groups excluding carboxylic acids is 2. The molecular weight excluding hydrogens is 710 g/mol. The van der Waals surface area contributed by atoms with Gasteiger partial charge in [-0.3, -0.25) is 9.59 Å². The van der Waals surface area contributed by atoms with Crippen molar-refractivity contribution in [2.45, 2.75) is 54.9 Å². The minimum atomic E-state index is -3.89. The Morgan fingerprint density at radius 1 is 0.827 bits per heavy atom. The van der Waals surface area contributed by atoms with E-state index in [0.717, 1.165) is 37.7 Å². The van der Waals surface area contributed by atoms with Gasteiger partial charge in [0.1, 0.15) is 5.02 Å². The minimum Gasteiger partial charge on any atom is -0.473 e. The summed E-state index contributed by atoms with van der Waals surface area (Å²) >= 11 is 6.33. The van der Waals surface area contributed by atoms with Crippen LogP contribution >= 0.6 is 11.6 Å². The van der Waals surface area contributed by atoms with Gasteiger partial charge >= 0.3 is 5.97 Å². The lowest BCUT2D eigenvalue weighted by molar-refractivity contribution is -0.142. The van der Waals surface area contributed by atoms with Crippen molar-refractivity contribution >= 4 is 56.5 Å². The number of para-hydroxylation sites is 1. The summed E-state index contributed by atoms with van der Waals surface area (Å²) in [5, 5.41) is 15.9. The summed E-state index contributed by atoms with van der Waals surface area (Å²) in [6, 6.07) is 22.2. The molecular formula is C36H38ClN7O7S. The number of sulfone groups is 1. The Morgan fingerprint density at radius 3 is 2.27 bits per heavy atom. The van der Waals surface area contributed by atoms with Gasteiger partial charge in [0.25, 0.3) is 16.8 Å². The number of hydrogen-bond acceptors (Lipinski definition) is 13. The van der Waals surface area contributed by atoms with E-state index in [1.807, 2.05) is 24.3 Å². The van der Waals surface area contributed by atoms with Crippen molar-refractivity contribution in [2.75, 3.05) is 30.9 Å². The number of amides is 1. The fourth-order valence-corrected chi connectivity index (χ4v) is 6.36. The van der Waals surface area contributed by atoms with Crippen LogP contribution in [0, 0.1) is 0 Å². The molecule has 0 spiro atoms. The molecule has 5 aromatic rings. The molecule has 0 unspecified atom stereocenters. The number of esters is 1. The maximum atomic E-state index is 12.8. The van der Waals surface area contributed by atoms with Gasteiger partial charge in [-0.1, -0.05) is 79.7 Å². The number of rotatable bonds is 19. The summed E-state index contributed by atoms with van der Waals surface area (Å²) in [5.41, 5.74) is 2.49. The average Bonchev–Trinajstić information content (AvgIpc) is 3.64. The van der Waals surface area contributed by atoms with Crippen molar-refractivity contribution in [3.05, 3.63) is 101 Å². The topological polar surface area (TPSA) is 188 Å². The van der Waals surface area contributed by atoms with E-state index in [0.29, 0.717) is 41.7 Å². The first-order valence-electron chi connectivity index (χ1n) is 16.6. The van der Waals surface area contributed by atoms with E-state index in [1.54, 1.807) is 49.5 Å². The number of nitrogens with one attached hydrogen (secondary N) is 3. The second-order valence-corrected chi connectivity index (χ2v) is 13.8. The van der Waals surface area contributed by atoms with Crippen LogP contribution in [0.3, 0.4) is 0 Å². The molecule has 3 aromatic carbocycles. The number of benzene rings is 3. The molecule has 0 fully saturated rings. The Morgan fingerprint density at radius 2 is 1.52 bits per heavy atom. The first-order chi connectivity index (χ1) is 25.2. The smallest absolute Gasteiger partial charge is 0.310 e. The van der Waals surface area contributed by atoms with Gasteiger partial charge in [-0.05, 0) is 65.1 Å². The van der Waals surface area contributed by atoms with Crippen LogP contribution in [0.4, 0.5) is 23.1 Å². The Hall–Kier alpha value is -5.54. The number of nitrogens with zero attached hydrogens (tertiary/aromatic N) is 4. The summed E-state index contributed by atoms with van der Waals surface area (Å²) in [6.45, 7) is 0.627. The molecule has 0 radical (unpaired) electrons. The second kappa shape index (κ2) is 18.6. The van der Waals surface area contributed by atoms with E-state index in [9.17, 15) is 18.0 Å². The number of anilines is 4. The number of hydrogen-bond donors (Lipinski definition) is 3. The second-order valence-electron chi connectivity index (χ2n) is 11.5. The monoisotopic (exact) mass is 747 g/mol. The van der Waals surface area contributed by atoms with Gasteiger partial charge in [0.15, 0.2) is 5.82 Å². The highest BCUT2D eigenvalue weighted by atomic mass is 35.5. The van der Waals surface area contributed by atoms with Gasteiger partial charge in [-0.2, -0.15) is 4.98 Å². The van der Waals surface area contributed by atoms with Gasteiger partial charge in [0.2, 0.25) is 15.8 Å². The largest absolute Gasteiger partial charge is 0.473 e. The van der Waals surface area contributed by atoms with Crippen LogP contribution < -0.4 is 20.7 Å². The average molecular weight is 748 g/mol. The van der Waals surface area contributed by atoms with E-state index >= 15 is 0 Å². The highest BCUT2D eigenvalue weighted by molar-refractivity contribution is 7.91. The third-order valence-corrected chi connectivity index (χ3v) is 9.66. The van der Waals surface area contributed by atoms with E-state index in [1.165, 1.54) is 18.3 Å². The van der Waals surface area contributed by atoms with E-state index < -0.39 is 9.84 Å². The third-order valence-electron chi connectivity index (χ3n) is 7.73. The Bertz CT molecular complexity index is 2050. The summed E-state index contributed by atoms with van der Waals surface area (Å²) in [4.78, 5) is 33.4. The molecule has 0 saturated carbocycles. The molecule has 0 atom stereocenters. The fourth-order valence-electron chi connectivity index (χ4n) is 5.02. The van der Waals surface area contributed by atoms with Crippen molar-refractivity contribution in [2.24, 2.45) is 0 Å². The van der Waals surface area contributed by atoms with Crippen LogP contribution in [-0.2, 0) is 25.8 Å². The van der Waals surface area contributed by atoms with Gasteiger partial charge < -0.3 is 25.4 Å². The molecule has 16 heteroatoms. The van der Waals surface area contributed by atoms with Gasteiger partial charge in [0, 0.05) is 12.7 Å². The van der Waals surface area contributed by atoms with Crippen LogP contribution in [0.1, 0.15) is 54.4 Å². The predicted molar refractivity (Wildman–Crippen MR) is 194 cm³/mol. The Balaban J connectivity index is 0.958. The molecule has 0 aliphatic heterocycles. The van der Waals surface area contributed by atoms with Gasteiger partial charge in [-0.15, -0.1) is 0 Å². The molecule has 1 amide bonds. The summed E-state index contributed by atoms with van der Waals surface area (Å²) in [6.07, 6.45) is 6.77. The minimum absolute atomic E-state index is 0.0866. The van der Waals surface area contributed by atoms with Crippen LogP contribution in [-0.4, -0.2) is 60.8 Å². The molecule has 272 valence electrons. The fraction of sp³-hybridized carbons (Fsp3) is 0.278. The molecule has 0 saturated heterocycles. The molecule has 3 N–H and O–H groups in total. The molecule has 52 heavy (non-hydrogen) atoms. The van der Waals surface area contributed by atoms with Crippen LogP contribution in [0.2, 0.25) is 5.02 Å². The van der Waals surface area contributed by atoms with Crippen LogP contribution in [0.25, 0.3) is 0 Å². The van der Waals surface area contributed by atoms with Crippen molar-refractivity contribution in [1.82, 2.24) is 25.6 Å². The molecule has 14 nitrogen and oxygen atoms in total. The van der Waals surface area contributed by atoms with E-state index in [-0.39, 0.29) is 45.7 Å². The predicted octanol–water partition coefficient (Wildman–Crippen LogP) is 6.70. The number of halogens is 1. The van der Waals surface area contributed by atoms with Crippen molar-refractivity contribution in [3.63, 3.8) is 0 Å². The molecule has 0 aliphatic carbocycles. The summed E-state index contributed by atoms with van der Waals surface area (Å²) in [7, 11) is -2.33. The number of unbranched alkanes of at least 4 members (excludes halogenated alkanes) is 5. The SMILES string of the molecule is CNC(=O)c1ccccc1Nc1nc(Nc2ccc(CC(=O)OCCCCCCCCOc3nonc3S(=O)(=O)c3ccccc3)cc2)ncc1Cl. The zero-order valence-electron chi connectivity index (χ0n) is 28.4. The lowest BCUT2D eigenvalue weighted by Crippen LogP contribution is -2.19. The van der Waals surface area contributed by atoms with E-state index in [4.69, 9.17) is 21.1 Å². The first-order valence-corrected chi connectivity index (χ1v) is 18.5. The summed E-state index contributed by atoms with van der Waals surface area (Å²) in [5.74, 6) is -0.0706. The Labute approximate surface area is 306 Å². The highest BCUT2D eigenvalue weighted by Crippen LogP contribution is 2.28. The zero-order valence-corrected chi connectivity index (χ0v) is 30.0. The normalized spacial score (nSPS) is 11.1. The van der Waals surface area contributed by atoms with E-state index in [2.05, 4.69) is 40.9 Å². The van der Waals surface area contributed by atoms with Gasteiger partial charge in [0.05, 0.1) is 42.0 Å². The standard InChI is InChI=1S/C36H38ClN7O7S/c1-38-33(46)28-15-9-10-16-30(28)41-32-29(37)24-39-36(42-32)40-26-19-17-25(18-20-26)23-31(45)49-21-11-4-2-3-5-12-22-50-34-35(44-51-43-34)52(47,48)27-13-7-6-8-14-27/h6-10,13-20,24H,2-5,11-12,21-23H2,1H3,(H,38,46)(H2,39,40,41,42). The maximum absolute atomic E-state index is 12.8. The summed E-state index contributed by atoms with van der Waals surface area (Å²) < 4.78 is 41.1. The third kappa shape index (κ3) is 10.5. The van der Waals surface area contributed by atoms with Crippen molar-refractivity contribution in [1.29, 1.82) is 0 Å². The zero-order chi connectivity index (χ0) is 36.8. The highest BCUT2D eigenvalue weighted by Gasteiger charge is 2.28. The number of ether oxygens (including phenoxy) is 2. The first kappa shape index (κ1) is 37.7. The number of carbonyl (C=O) groups is 2. The number of aromatic nitrogens is 4. The quantitative estimate of drug-likeness (QED) is 0.0599. The van der Waals surface area contributed by atoms with Crippen LogP contribution in [0.15, 0.2) is 99.6 Å². The maximum Gasteiger partial charge on any atom is 0.310 e. The molecule has 0 bridgehead atoms. The molecule has 2 aromatic heterocycles. The van der Waals surface area contributed by atoms with Gasteiger partial charge in [-0.25, -0.2) is 18.0 Å². The lowest BCUT2D eigenvalue weighted by Gasteiger charge is -2.13. The molecule has 2 heterocycles. The Kier molecular flexibility index (Phi) is 13.5. The van der Waals surface area contributed by atoms with Crippen molar-refractivity contribution in [3.8, 4) is 5.88 Å². The van der Waals surface area contributed by atoms with Crippen molar-refractivity contribution < 1.29 is 32.1 Å².